The Bertz CT molecular complexity index is 274. The van der Waals surface area contributed by atoms with Crippen molar-refractivity contribution < 1.29 is 44.4 Å². The van der Waals surface area contributed by atoms with Crippen molar-refractivity contribution >= 4 is 7.82 Å². The molecule has 1 saturated carbocycles. The molecule has 1 fully saturated rings. The Labute approximate surface area is 89.8 Å². The molecule has 0 heterocycles. The Kier molecular flexibility index (Phi) is 4.06. The molecule has 0 bridgehead atoms. The molecule has 16 heavy (non-hydrogen) atoms. The summed E-state index contributed by atoms with van der Waals surface area (Å²) in [6.45, 7) is 0. The summed E-state index contributed by atoms with van der Waals surface area (Å²) in [6.07, 6.45) is -11.3. The van der Waals surface area contributed by atoms with Gasteiger partial charge in [-0.25, -0.2) is 4.57 Å². The van der Waals surface area contributed by atoms with Crippen molar-refractivity contribution in [3.63, 3.8) is 0 Å². The van der Waals surface area contributed by atoms with Gasteiger partial charge in [-0.2, -0.15) is 0 Å². The number of phosphoric acid groups is 1. The van der Waals surface area contributed by atoms with E-state index in [-0.39, 0.29) is 0 Å². The lowest BCUT2D eigenvalue weighted by atomic mass is 9.85. The summed E-state index contributed by atoms with van der Waals surface area (Å²) < 4.78 is 14.5. The molecule has 7 N–H and O–H groups in total. The summed E-state index contributed by atoms with van der Waals surface area (Å²) in [5.74, 6) is 0. The van der Waals surface area contributed by atoms with Crippen LogP contribution >= 0.6 is 7.82 Å². The molecule has 2 unspecified atom stereocenters. The number of aliphatic hydroxyl groups excluding tert-OH is 5. The maximum Gasteiger partial charge on any atom is 0.470 e. The van der Waals surface area contributed by atoms with E-state index in [1.54, 1.807) is 0 Å². The summed E-state index contributed by atoms with van der Waals surface area (Å²) in [7, 11) is -5.01. The van der Waals surface area contributed by atoms with Crippen LogP contribution in [0.15, 0.2) is 0 Å². The molecule has 0 aromatic rings. The maximum absolute atomic E-state index is 10.5. The molecule has 0 aromatic carbocycles. The fourth-order valence-corrected chi connectivity index (χ4v) is 2.05. The highest BCUT2D eigenvalue weighted by atomic mass is 31.2. The van der Waals surface area contributed by atoms with Crippen LogP contribution in [0.2, 0.25) is 0 Å². The molecule has 10 heteroatoms. The van der Waals surface area contributed by atoms with Gasteiger partial charge < -0.3 is 35.3 Å². The van der Waals surface area contributed by atoms with E-state index in [9.17, 15) is 25.0 Å². The zero-order valence-electron chi connectivity index (χ0n) is 7.86. The highest BCUT2D eigenvalue weighted by Gasteiger charge is 2.50. The molecule has 0 aliphatic heterocycles. The van der Waals surface area contributed by atoms with E-state index in [0.29, 0.717) is 0 Å². The largest absolute Gasteiger partial charge is 0.470 e. The predicted octanol–water partition coefficient (Wildman–Crippen LogP) is -3.72. The third-order valence-corrected chi connectivity index (χ3v) is 2.85. The number of hydrogen-bond acceptors (Lipinski definition) is 7. The average molecular weight is 260 g/mol. The zero-order chi connectivity index (χ0) is 12.7. The van der Waals surface area contributed by atoms with E-state index < -0.39 is 44.4 Å². The second-order valence-corrected chi connectivity index (χ2v) is 4.71. The monoisotopic (exact) mass is 260 g/mol. The minimum absolute atomic E-state index is 1.83. The molecule has 9 nitrogen and oxygen atoms in total. The van der Waals surface area contributed by atoms with Crippen molar-refractivity contribution in [2.24, 2.45) is 0 Å². The van der Waals surface area contributed by atoms with Crippen LogP contribution in [-0.4, -0.2) is 71.9 Å². The molecule has 1 rings (SSSR count). The molecule has 0 saturated heterocycles. The van der Waals surface area contributed by atoms with Crippen molar-refractivity contribution in [2.75, 3.05) is 0 Å². The van der Waals surface area contributed by atoms with Crippen LogP contribution in [0.1, 0.15) is 0 Å². The zero-order valence-corrected chi connectivity index (χ0v) is 8.75. The second-order valence-electron chi connectivity index (χ2n) is 3.51. The number of rotatable bonds is 2. The highest BCUT2D eigenvalue weighted by molar-refractivity contribution is 7.46. The average Bonchev–Trinajstić information content (AvgIpc) is 2.17. The molecule has 0 aromatic heterocycles. The summed E-state index contributed by atoms with van der Waals surface area (Å²) >= 11 is 0. The lowest BCUT2D eigenvalue weighted by molar-refractivity contribution is -0.219. The lowest BCUT2D eigenvalue weighted by Crippen LogP contribution is -2.64. The molecular weight excluding hydrogens is 247 g/mol. The van der Waals surface area contributed by atoms with Gasteiger partial charge in [0.1, 0.15) is 36.6 Å². The summed E-state index contributed by atoms with van der Waals surface area (Å²) in [4.78, 5) is 17.0. The number of aliphatic hydroxyl groups is 5. The van der Waals surface area contributed by atoms with Crippen LogP contribution in [0.3, 0.4) is 0 Å². The number of phosphoric ester groups is 1. The fourth-order valence-electron chi connectivity index (χ4n) is 1.48. The Morgan fingerprint density at radius 2 is 1.06 bits per heavy atom. The highest BCUT2D eigenvalue weighted by Crippen LogP contribution is 2.41. The fraction of sp³-hybridized carbons (Fsp3) is 1.00. The third kappa shape index (κ3) is 2.77. The van der Waals surface area contributed by atoms with Crippen molar-refractivity contribution in [1.29, 1.82) is 0 Å². The minimum Gasteiger partial charge on any atom is -0.387 e. The Morgan fingerprint density at radius 1 is 0.750 bits per heavy atom. The van der Waals surface area contributed by atoms with E-state index in [4.69, 9.17) is 14.9 Å². The smallest absolute Gasteiger partial charge is 0.387 e. The minimum atomic E-state index is -5.01. The van der Waals surface area contributed by atoms with Crippen LogP contribution in [-0.2, 0) is 9.09 Å². The summed E-state index contributed by atoms with van der Waals surface area (Å²) in [5, 5.41) is 46.1. The van der Waals surface area contributed by atoms with Crippen molar-refractivity contribution in [3.05, 3.63) is 0 Å². The quantitative estimate of drug-likeness (QED) is 0.247. The van der Waals surface area contributed by atoms with Gasteiger partial charge in [0.05, 0.1) is 0 Å². The first-order valence-corrected chi connectivity index (χ1v) is 5.82. The van der Waals surface area contributed by atoms with Crippen molar-refractivity contribution in [2.45, 2.75) is 36.6 Å². The normalized spacial score (nSPS) is 45.7. The van der Waals surface area contributed by atoms with Gasteiger partial charge in [0, 0.05) is 0 Å². The molecule has 1 aliphatic rings. The lowest BCUT2D eigenvalue weighted by Gasteiger charge is -2.41. The first-order valence-electron chi connectivity index (χ1n) is 4.29. The molecule has 0 amide bonds. The van der Waals surface area contributed by atoms with E-state index in [1.165, 1.54) is 0 Å². The molecule has 96 valence electrons. The Hall–Kier alpha value is -0.0900. The van der Waals surface area contributed by atoms with Crippen LogP contribution in [0, 0.1) is 0 Å². The first-order chi connectivity index (χ1) is 7.15. The van der Waals surface area contributed by atoms with E-state index >= 15 is 0 Å². The SMILES string of the molecule is O=P(O)(O)OC1[C@@H](O)[C@H](O)C(O)[C@H](O)[C@H]1O. The molecule has 1 aliphatic carbocycles. The van der Waals surface area contributed by atoms with Gasteiger partial charge in [-0.05, 0) is 0 Å². The Morgan fingerprint density at radius 3 is 1.38 bits per heavy atom. The van der Waals surface area contributed by atoms with E-state index in [2.05, 4.69) is 4.52 Å². The molecule has 0 radical (unpaired) electrons. The summed E-state index contributed by atoms with van der Waals surface area (Å²) in [6, 6.07) is 0. The van der Waals surface area contributed by atoms with Crippen LogP contribution < -0.4 is 0 Å². The standard InChI is InChI=1S/C6H13O9P/c7-1-2(8)4(10)6(5(11)3(1)9)15-16(12,13)14/h1-11H,(H2,12,13,14)/t1?,2-,3+,4+,5-,6?. The molecular formula is C6H13O9P. The van der Waals surface area contributed by atoms with Crippen molar-refractivity contribution in [1.82, 2.24) is 0 Å². The maximum atomic E-state index is 10.5. The molecule has 0 spiro atoms. The van der Waals surface area contributed by atoms with Gasteiger partial charge in [0.2, 0.25) is 0 Å². The number of hydrogen-bond donors (Lipinski definition) is 7. The van der Waals surface area contributed by atoms with Gasteiger partial charge in [-0.15, -0.1) is 0 Å². The Balaban J connectivity index is 2.87. The van der Waals surface area contributed by atoms with Crippen LogP contribution in [0.4, 0.5) is 0 Å². The summed E-state index contributed by atoms with van der Waals surface area (Å²) in [5.41, 5.74) is 0. The first kappa shape index (κ1) is 14.0. The second kappa shape index (κ2) is 4.65. The van der Waals surface area contributed by atoms with Gasteiger partial charge >= 0.3 is 7.82 Å². The van der Waals surface area contributed by atoms with Crippen LogP contribution in [0.5, 0.6) is 0 Å². The van der Waals surface area contributed by atoms with Crippen LogP contribution in [0.25, 0.3) is 0 Å². The van der Waals surface area contributed by atoms with Gasteiger partial charge in [-0.1, -0.05) is 0 Å². The predicted molar refractivity (Wildman–Crippen MR) is 47.0 cm³/mol. The van der Waals surface area contributed by atoms with E-state index in [1.807, 2.05) is 0 Å². The van der Waals surface area contributed by atoms with E-state index in [0.717, 1.165) is 0 Å². The van der Waals surface area contributed by atoms with Gasteiger partial charge in [-0.3, -0.25) is 4.52 Å². The molecule has 6 atom stereocenters. The topological polar surface area (TPSA) is 168 Å². The van der Waals surface area contributed by atoms with Gasteiger partial charge in [0.25, 0.3) is 0 Å². The van der Waals surface area contributed by atoms with Crippen molar-refractivity contribution in [3.8, 4) is 0 Å². The van der Waals surface area contributed by atoms with Gasteiger partial charge in [0.15, 0.2) is 0 Å². The third-order valence-electron chi connectivity index (χ3n) is 2.33.